The molecular weight excluding hydrogens is 346 g/mol. The van der Waals surface area contributed by atoms with Crippen LogP contribution >= 0.6 is 11.3 Å². The van der Waals surface area contributed by atoms with Gasteiger partial charge in [-0.3, -0.25) is 14.6 Å². The summed E-state index contributed by atoms with van der Waals surface area (Å²) in [4.78, 5) is 24.3. The number of hydrogen-bond acceptors (Lipinski definition) is 6. The molecule has 1 amide bonds. The van der Waals surface area contributed by atoms with Gasteiger partial charge in [0.15, 0.2) is 0 Å². The molecule has 0 atom stereocenters. The van der Waals surface area contributed by atoms with Crippen LogP contribution in [0.1, 0.15) is 36.4 Å². The zero-order chi connectivity index (χ0) is 17.9. The molecule has 3 aliphatic rings. The van der Waals surface area contributed by atoms with E-state index in [1.54, 1.807) is 11.3 Å². The third kappa shape index (κ3) is 5.03. The van der Waals surface area contributed by atoms with Crippen molar-refractivity contribution in [2.75, 3.05) is 45.8 Å². The first-order chi connectivity index (χ1) is 12.7. The molecule has 1 aromatic heterocycles. The van der Waals surface area contributed by atoms with Gasteiger partial charge in [0, 0.05) is 63.3 Å². The maximum Gasteiger partial charge on any atom is 0.234 e. The van der Waals surface area contributed by atoms with Crippen molar-refractivity contribution in [2.45, 2.75) is 51.2 Å². The minimum Gasteiger partial charge on any atom is -0.352 e. The first kappa shape index (κ1) is 18.3. The molecule has 1 saturated carbocycles. The van der Waals surface area contributed by atoms with Crippen LogP contribution in [0.15, 0.2) is 5.38 Å². The van der Waals surface area contributed by atoms with Crippen LogP contribution in [0.5, 0.6) is 0 Å². The van der Waals surface area contributed by atoms with Gasteiger partial charge in [-0.05, 0) is 32.6 Å². The summed E-state index contributed by atoms with van der Waals surface area (Å²) >= 11 is 1.72. The first-order valence-corrected chi connectivity index (χ1v) is 10.9. The minimum atomic E-state index is 0.207. The summed E-state index contributed by atoms with van der Waals surface area (Å²) in [6.45, 7) is 9.83. The molecule has 6 nitrogen and oxygen atoms in total. The van der Waals surface area contributed by atoms with Crippen molar-refractivity contribution in [1.82, 2.24) is 25.0 Å². The van der Waals surface area contributed by atoms with Crippen LogP contribution in [0, 0.1) is 6.92 Å². The number of carbonyl (C=O) groups is 1. The van der Waals surface area contributed by atoms with Crippen LogP contribution in [0.25, 0.3) is 0 Å². The van der Waals surface area contributed by atoms with E-state index in [2.05, 4.69) is 37.3 Å². The van der Waals surface area contributed by atoms with E-state index in [9.17, 15) is 4.79 Å². The molecule has 3 heterocycles. The van der Waals surface area contributed by atoms with Gasteiger partial charge in [0.1, 0.15) is 0 Å². The summed E-state index contributed by atoms with van der Waals surface area (Å²) in [5.74, 6) is 0.207. The SMILES string of the molecule is Cc1nc(CN2CCN(CC(=O)NC3CCN(C4CC4)CC3)CC2)cs1. The number of piperidine rings is 1. The highest BCUT2D eigenvalue weighted by molar-refractivity contribution is 7.09. The van der Waals surface area contributed by atoms with Crippen LogP contribution in [-0.2, 0) is 11.3 Å². The fourth-order valence-electron chi connectivity index (χ4n) is 4.14. The first-order valence-electron chi connectivity index (χ1n) is 10.0. The second-order valence-electron chi connectivity index (χ2n) is 8.02. The Bertz CT molecular complexity index is 601. The summed E-state index contributed by atoms with van der Waals surface area (Å²) in [7, 11) is 0. The van der Waals surface area contributed by atoms with Crippen LogP contribution in [0.4, 0.5) is 0 Å². The second-order valence-corrected chi connectivity index (χ2v) is 9.08. The second kappa shape index (κ2) is 8.33. The van der Waals surface area contributed by atoms with Crippen LogP contribution in [0.2, 0.25) is 0 Å². The molecule has 0 radical (unpaired) electrons. The third-order valence-corrected chi connectivity index (χ3v) is 6.66. The quantitative estimate of drug-likeness (QED) is 0.810. The van der Waals surface area contributed by atoms with Gasteiger partial charge in [0.25, 0.3) is 0 Å². The van der Waals surface area contributed by atoms with Gasteiger partial charge >= 0.3 is 0 Å². The lowest BCUT2D eigenvalue weighted by Gasteiger charge is -2.35. The Balaban J connectivity index is 1.13. The van der Waals surface area contributed by atoms with Gasteiger partial charge in [-0.15, -0.1) is 11.3 Å². The van der Waals surface area contributed by atoms with Crippen molar-refractivity contribution < 1.29 is 4.79 Å². The fraction of sp³-hybridized carbons (Fsp3) is 0.789. The Morgan fingerprint density at radius 1 is 1.12 bits per heavy atom. The number of aryl methyl sites for hydroxylation is 1. The van der Waals surface area contributed by atoms with E-state index in [0.29, 0.717) is 12.6 Å². The molecule has 1 N–H and O–H groups in total. The molecule has 0 bridgehead atoms. The van der Waals surface area contributed by atoms with Gasteiger partial charge in [-0.25, -0.2) is 4.98 Å². The number of nitrogens with one attached hydrogen (secondary N) is 1. The molecule has 0 unspecified atom stereocenters. The molecule has 2 aliphatic heterocycles. The van der Waals surface area contributed by atoms with Crippen molar-refractivity contribution in [3.8, 4) is 0 Å². The monoisotopic (exact) mass is 377 g/mol. The maximum atomic E-state index is 12.4. The zero-order valence-corrected chi connectivity index (χ0v) is 16.6. The summed E-state index contributed by atoms with van der Waals surface area (Å²) in [5.41, 5.74) is 1.18. The van der Waals surface area contributed by atoms with Gasteiger partial charge in [0.05, 0.1) is 17.2 Å². The Hall–Kier alpha value is -1.02. The number of hydrogen-bond donors (Lipinski definition) is 1. The lowest BCUT2D eigenvalue weighted by molar-refractivity contribution is -0.123. The summed E-state index contributed by atoms with van der Waals surface area (Å²) in [6.07, 6.45) is 4.99. The molecule has 7 heteroatoms. The Morgan fingerprint density at radius 3 is 2.42 bits per heavy atom. The molecule has 1 aliphatic carbocycles. The molecule has 2 saturated heterocycles. The average molecular weight is 378 g/mol. The largest absolute Gasteiger partial charge is 0.352 e. The number of aromatic nitrogens is 1. The Morgan fingerprint density at radius 2 is 1.81 bits per heavy atom. The molecule has 0 aromatic carbocycles. The third-order valence-electron chi connectivity index (χ3n) is 5.84. The van der Waals surface area contributed by atoms with E-state index >= 15 is 0 Å². The number of rotatable bonds is 6. The van der Waals surface area contributed by atoms with Crippen molar-refractivity contribution in [1.29, 1.82) is 0 Å². The molecule has 0 spiro atoms. The van der Waals surface area contributed by atoms with Crippen LogP contribution < -0.4 is 5.32 Å². The van der Waals surface area contributed by atoms with E-state index in [1.165, 1.54) is 18.5 Å². The summed E-state index contributed by atoms with van der Waals surface area (Å²) in [5, 5.41) is 6.56. The van der Waals surface area contributed by atoms with E-state index in [4.69, 9.17) is 0 Å². The summed E-state index contributed by atoms with van der Waals surface area (Å²) < 4.78 is 0. The normalized spacial score (nSPS) is 24.0. The number of nitrogens with zero attached hydrogens (tertiary/aromatic N) is 4. The highest BCUT2D eigenvalue weighted by Gasteiger charge is 2.32. The smallest absolute Gasteiger partial charge is 0.234 e. The highest BCUT2D eigenvalue weighted by atomic mass is 32.1. The molecule has 3 fully saturated rings. The summed E-state index contributed by atoms with van der Waals surface area (Å²) in [6, 6.07) is 1.24. The zero-order valence-electron chi connectivity index (χ0n) is 15.8. The molecule has 1 aromatic rings. The van der Waals surface area contributed by atoms with Crippen molar-refractivity contribution in [2.24, 2.45) is 0 Å². The van der Waals surface area contributed by atoms with E-state index in [0.717, 1.165) is 69.7 Å². The van der Waals surface area contributed by atoms with Crippen molar-refractivity contribution in [3.05, 3.63) is 16.1 Å². The number of piperazine rings is 1. The van der Waals surface area contributed by atoms with Crippen molar-refractivity contribution >= 4 is 17.2 Å². The average Bonchev–Trinajstić information content (AvgIpc) is 3.40. The minimum absolute atomic E-state index is 0.207. The van der Waals surface area contributed by atoms with E-state index in [1.807, 2.05) is 0 Å². The van der Waals surface area contributed by atoms with Crippen LogP contribution in [0.3, 0.4) is 0 Å². The van der Waals surface area contributed by atoms with Crippen LogP contribution in [-0.4, -0.2) is 83.5 Å². The number of amides is 1. The number of thiazole rings is 1. The molecule has 26 heavy (non-hydrogen) atoms. The number of carbonyl (C=O) groups excluding carboxylic acids is 1. The Labute approximate surface area is 160 Å². The van der Waals surface area contributed by atoms with Crippen molar-refractivity contribution in [3.63, 3.8) is 0 Å². The van der Waals surface area contributed by atoms with Gasteiger partial charge < -0.3 is 10.2 Å². The lowest BCUT2D eigenvalue weighted by Crippen LogP contribution is -2.51. The molecule has 4 rings (SSSR count). The standard InChI is InChI=1S/C19H31N5OS/c1-15-20-17(14-26-15)12-22-8-10-23(11-9-22)13-19(25)21-16-4-6-24(7-5-16)18-2-3-18/h14,16,18H,2-13H2,1H3,(H,21,25). The van der Waals surface area contributed by atoms with Gasteiger partial charge in [-0.2, -0.15) is 0 Å². The Kier molecular flexibility index (Phi) is 5.88. The van der Waals surface area contributed by atoms with Gasteiger partial charge in [-0.1, -0.05) is 0 Å². The predicted molar refractivity (Wildman–Crippen MR) is 104 cm³/mol. The van der Waals surface area contributed by atoms with Gasteiger partial charge in [0.2, 0.25) is 5.91 Å². The van der Waals surface area contributed by atoms with E-state index in [-0.39, 0.29) is 5.91 Å². The maximum absolute atomic E-state index is 12.4. The molecular formula is C19H31N5OS. The highest BCUT2D eigenvalue weighted by Crippen LogP contribution is 2.29. The number of likely N-dealkylation sites (tertiary alicyclic amines) is 1. The fourth-order valence-corrected chi connectivity index (χ4v) is 4.74. The molecule has 144 valence electrons. The van der Waals surface area contributed by atoms with E-state index < -0.39 is 0 Å². The lowest BCUT2D eigenvalue weighted by atomic mass is 10.0. The predicted octanol–water partition coefficient (Wildman–Crippen LogP) is 1.31. The topological polar surface area (TPSA) is 51.7 Å².